The van der Waals surface area contributed by atoms with Gasteiger partial charge in [0.15, 0.2) is 5.96 Å². The molecule has 2 aliphatic rings. The number of benzene rings is 2. The zero-order valence-corrected chi connectivity index (χ0v) is 20.2. The van der Waals surface area contributed by atoms with E-state index in [1.165, 1.54) is 44.2 Å². The van der Waals surface area contributed by atoms with Crippen molar-refractivity contribution in [3.05, 3.63) is 59.2 Å². The third kappa shape index (κ3) is 6.29. The van der Waals surface area contributed by atoms with Crippen molar-refractivity contribution in [2.45, 2.75) is 44.4 Å². The van der Waals surface area contributed by atoms with Crippen molar-refractivity contribution in [2.24, 2.45) is 4.99 Å². The normalized spacial score (nSPS) is 17.9. The molecule has 0 aromatic heterocycles. The van der Waals surface area contributed by atoms with Gasteiger partial charge in [-0.25, -0.2) is 9.79 Å². The van der Waals surface area contributed by atoms with E-state index in [9.17, 15) is 23.1 Å². The summed E-state index contributed by atoms with van der Waals surface area (Å²) in [6.45, 7) is 3.69. The van der Waals surface area contributed by atoms with Crippen molar-refractivity contribution in [3.8, 4) is 5.75 Å². The van der Waals surface area contributed by atoms with Crippen molar-refractivity contribution >= 4 is 17.6 Å². The maximum atomic E-state index is 13.2. The van der Waals surface area contributed by atoms with Crippen LogP contribution in [0.15, 0.2) is 47.5 Å². The minimum atomic E-state index is -4.43. The van der Waals surface area contributed by atoms with Crippen molar-refractivity contribution in [2.75, 3.05) is 38.6 Å². The number of carbonyl (C=O) groups excluding carboxylic acids is 1. The van der Waals surface area contributed by atoms with Gasteiger partial charge in [-0.2, -0.15) is 13.2 Å². The highest BCUT2D eigenvalue weighted by atomic mass is 19.4. The second-order valence-corrected chi connectivity index (χ2v) is 9.15. The molecule has 7 nitrogen and oxygen atoms in total. The van der Waals surface area contributed by atoms with Gasteiger partial charge >= 0.3 is 12.1 Å². The molecule has 4 rings (SSSR count). The average molecular weight is 505 g/mol. The quantitative estimate of drug-likeness (QED) is 0.266. The van der Waals surface area contributed by atoms with Gasteiger partial charge in [-0.1, -0.05) is 12.1 Å². The van der Waals surface area contributed by atoms with E-state index in [4.69, 9.17) is 4.74 Å². The smallest absolute Gasteiger partial charge is 0.416 e. The number of hydrogen-bond donors (Lipinski definition) is 2. The molecule has 0 saturated carbocycles. The summed E-state index contributed by atoms with van der Waals surface area (Å²) in [5.74, 6) is -0.196. The lowest BCUT2D eigenvalue weighted by Gasteiger charge is -2.38. The number of hydrogen-bond acceptors (Lipinski definition) is 5. The standard InChI is InChI=1S/C26H31F3N4O3/c1-36-24(35)19-7-8-23(34)22(16-19)31-25(30-17-18-5-4-6-20(15-18)26(27,28)29)33-13-9-21(10-14-33)32-11-2-3-12-32/h4-8,15-16,21,34H,2-3,9-14,17H2,1H3,(H,30,31). The lowest BCUT2D eigenvalue weighted by molar-refractivity contribution is -0.137. The van der Waals surface area contributed by atoms with Crippen LogP contribution in [0.5, 0.6) is 5.75 Å². The Morgan fingerprint density at radius 1 is 1.11 bits per heavy atom. The highest BCUT2D eigenvalue weighted by Gasteiger charge is 2.31. The number of likely N-dealkylation sites (tertiary alicyclic amines) is 2. The summed E-state index contributed by atoms with van der Waals surface area (Å²) in [6, 6.07) is 9.91. The van der Waals surface area contributed by atoms with Crippen LogP contribution in [0.25, 0.3) is 0 Å². The lowest BCUT2D eigenvalue weighted by Crippen LogP contribution is -2.47. The number of aromatic hydroxyl groups is 1. The summed E-state index contributed by atoms with van der Waals surface area (Å²) in [5.41, 5.74) is 0.216. The van der Waals surface area contributed by atoms with Crippen LogP contribution in [0.3, 0.4) is 0 Å². The molecule has 0 amide bonds. The number of nitrogens with one attached hydrogen (secondary N) is 1. The van der Waals surface area contributed by atoms with E-state index in [1.54, 1.807) is 6.07 Å². The van der Waals surface area contributed by atoms with E-state index in [0.717, 1.165) is 38.1 Å². The number of methoxy groups -OCH3 is 1. The Bertz CT molecular complexity index is 1090. The predicted molar refractivity (Wildman–Crippen MR) is 131 cm³/mol. The Balaban J connectivity index is 1.57. The van der Waals surface area contributed by atoms with E-state index in [1.807, 2.05) is 4.90 Å². The summed E-state index contributed by atoms with van der Waals surface area (Å²) in [6.07, 6.45) is -0.0994. The maximum absolute atomic E-state index is 13.2. The highest BCUT2D eigenvalue weighted by Crippen LogP contribution is 2.30. The van der Waals surface area contributed by atoms with Crippen LogP contribution in [0.4, 0.5) is 18.9 Å². The zero-order chi connectivity index (χ0) is 25.7. The fraction of sp³-hybridized carbons (Fsp3) is 0.462. The first-order valence-electron chi connectivity index (χ1n) is 12.1. The molecule has 2 N–H and O–H groups in total. The van der Waals surface area contributed by atoms with Gasteiger partial charge < -0.3 is 25.0 Å². The summed E-state index contributed by atoms with van der Waals surface area (Å²) in [7, 11) is 1.27. The van der Waals surface area contributed by atoms with E-state index in [2.05, 4.69) is 15.2 Å². The maximum Gasteiger partial charge on any atom is 0.416 e. The summed E-state index contributed by atoms with van der Waals surface area (Å²) in [4.78, 5) is 21.2. The second kappa shape index (κ2) is 11.2. The second-order valence-electron chi connectivity index (χ2n) is 9.15. The van der Waals surface area contributed by atoms with Gasteiger partial charge in [-0.05, 0) is 74.7 Å². The molecule has 0 aliphatic carbocycles. The summed E-state index contributed by atoms with van der Waals surface area (Å²) < 4.78 is 44.3. The number of phenolic OH excluding ortho intramolecular Hbond substituents is 1. The van der Waals surface area contributed by atoms with Gasteiger partial charge in [-0.3, -0.25) is 0 Å². The molecule has 0 spiro atoms. The van der Waals surface area contributed by atoms with Crippen molar-refractivity contribution in [1.82, 2.24) is 9.80 Å². The number of rotatable bonds is 5. The number of esters is 1. The molecule has 0 atom stereocenters. The number of piperidine rings is 1. The van der Waals surface area contributed by atoms with Crippen molar-refractivity contribution in [3.63, 3.8) is 0 Å². The van der Waals surface area contributed by atoms with Gasteiger partial charge in [0.05, 0.1) is 30.5 Å². The molecule has 0 unspecified atom stereocenters. The molecular weight excluding hydrogens is 473 g/mol. The molecular formula is C26H31F3N4O3. The molecule has 0 radical (unpaired) electrons. The number of phenols is 1. The predicted octanol–water partition coefficient (Wildman–Crippen LogP) is 4.73. The van der Waals surface area contributed by atoms with Gasteiger partial charge in [0.1, 0.15) is 5.75 Å². The first-order valence-corrected chi connectivity index (χ1v) is 12.1. The average Bonchev–Trinajstić information content (AvgIpc) is 3.42. The molecule has 194 valence electrons. The SMILES string of the molecule is COC(=O)c1ccc(O)c(NC(=NCc2cccc(C(F)(F)F)c2)N2CCC(N3CCCC3)CC2)c1. The third-order valence-electron chi connectivity index (χ3n) is 6.75. The Morgan fingerprint density at radius 2 is 1.83 bits per heavy atom. The summed E-state index contributed by atoms with van der Waals surface area (Å²) >= 11 is 0. The molecule has 2 aromatic rings. The lowest BCUT2D eigenvalue weighted by atomic mass is 10.0. The molecule has 2 aliphatic heterocycles. The number of nitrogens with zero attached hydrogens (tertiary/aromatic N) is 3. The Morgan fingerprint density at radius 3 is 2.50 bits per heavy atom. The number of ether oxygens (including phenoxy) is 1. The minimum absolute atomic E-state index is 0.0236. The topological polar surface area (TPSA) is 77.4 Å². The number of halogens is 3. The van der Waals surface area contributed by atoms with Crippen LogP contribution >= 0.6 is 0 Å². The largest absolute Gasteiger partial charge is 0.506 e. The molecule has 2 saturated heterocycles. The minimum Gasteiger partial charge on any atom is -0.506 e. The van der Waals surface area contributed by atoms with Gasteiger partial charge in [0, 0.05) is 19.1 Å². The molecule has 0 bridgehead atoms. The number of aliphatic imine (C=N–C) groups is 1. The van der Waals surface area contributed by atoms with E-state index < -0.39 is 17.7 Å². The van der Waals surface area contributed by atoms with E-state index in [-0.39, 0.29) is 23.5 Å². The first-order chi connectivity index (χ1) is 17.2. The summed E-state index contributed by atoms with van der Waals surface area (Å²) in [5, 5.41) is 13.5. The third-order valence-corrected chi connectivity index (χ3v) is 6.75. The molecule has 2 fully saturated rings. The molecule has 2 heterocycles. The van der Waals surface area contributed by atoms with Crippen LogP contribution < -0.4 is 5.32 Å². The van der Waals surface area contributed by atoms with E-state index in [0.29, 0.717) is 30.7 Å². The van der Waals surface area contributed by atoms with Crippen LogP contribution in [0.2, 0.25) is 0 Å². The van der Waals surface area contributed by atoms with Crippen molar-refractivity contribution in [1.29, 1.82) is 0 Å². The van der Waals surface area contributed by atoms with Crippen LogP contribution in [0.1, 0.15) is 47.2 Å². The van der Waals surface area contributed by atoms with Crippen LogP contribution in [0, 0.1) is 0 Å². The number of carbonyl (C=O) groups is 1. The molecule has 36 heavy (non-hydrogen) atoms. The molecule has 10 heteroatoms. The number of anilines is 1. The van der Waals surface area contributed by atoms with Crippen molar-refractivity contribution < 1.29 is 27.8 Å². The Hall–Kier alpha value is -3.27. The van der Waals surface area contributed by atoms with E-state index >= 15 is 0 Å². The number of guanidine groups is 1. The zero-order valence-electron chi connectivity index (χ0n) is 20.2. The number of alkyl halides is 3. The van der Waals surface area contributed by atoms with Crippen LogP contribution in [-0.4, -0.2) is 66.2 Å². The van der Waals surface area contributed by atoms with Crippen LogP contribution in [-0.2, 0) is 17.5 Å². The highest BCUT2D eigenvalue weighted by molar-refractivity contribution is 5.97. The fourth-order valence-electron chi connectivity index (χ4n) is 4.78. The Labute approximate surface area is 208 Å². The monoisotopic (exact) mass is 504 g/mol. The van der Waals surface area contributed by atoms with Gasteiger partial charge in [-0.15, -0.1) is 0 Å². The van der Waals surface area contributed by atoms with Gasteiger partial charge in [0.2, 0.25) is 0 Å². The van der Waals surface area contributed by atoms with Gasteiger partial charge in [0.25, 0.3) is 0 Å². The molecule has 2 aromatic carbocycles. The first kappa shape index (κ1) is 25.8. The fourth-order valence-corrected chi connectivity index (χ4v) is 4.78. The Kier molecular flexibility index (Phi) is 8.03.